The molecule has 16 heavy (non-hydrogen) atoms. The van der Waals surface area contributed by atoms with Gasteiger partial charge in [-0.2, -0.15) is 0 Å². The normalized spacial score (nSPS) is 13.4. The second kappa shape index (κ2) is 9.23. The molecule has 0 aromatic rings. The number of phosphoric acid groups is 1. The van der Waals surface area contributed by atoms with E-state index in [0.29, 0.717) is 0 Å². The van der Waals surface area contributed by atoms with Gasteiger partial charge >= 0.3 is 7.82 Å². The Morgan fingerprint density at radius 1 is 1.19 bits per heavy atom. The van der Waals surface area contributed by atoms with Crippen LogP contribution < -0.4 is 0 Å². The molecular formula is C9H15Cl2O4P. The minimum Gasteiger partial charge on any atom is -0.285 e. The predicted molar refractivity (Wildman–Crippen MR) is 66.2 cm³/mol. The van der Waals surface area contributed by atoms with E-state index in [4.69, 9.17) is 36.8 Å². The highest BCUT2D eigenvalue weighted by Crippen LogP contribution is 2.49. The molecule has 7 heteroatoms. The number of rotatable bonds is 10. The average molecular weight is 289 g/mol. The Kier molecular flexibility index (Phi) is 9.32. The molecule has 0 aromatic heterocycles. The fraction of sp³-hybridized carbons (Fsp3) is 0.556. The second-order valence-corrected chi connectivity index (χ2v) is 5.26. The molecule has 0 aromatic carbocycles. The highest BCUT2D eigenvalue weighted by molar-refractivity contribution is 7.48. The molecule has 0 saturated carbocycles. The standard InChI is InChI=1S/C9H15Cl2O4P/c1-3-5-13-16(12,14-6-4-2)15-8-9(11)7-10/h3-4,9H,1-2,5-8H2. The van der Waals surface area contributed by atoms with Gasteiger partial charge in [-0.15, -0.1) is 36.4 Å². The molecule has 0 aliphatic carbocycles. The highest BCUT2D eigenvalue weighted by atomic mass is 35.5. The molecule has 0 aliphatic heterocycles. The number of hydrogen-bond donors (Lipinski definition) is 0. The van der Waals surface area contributed by atoms with Crippen LogP contribution in [-0.4, -0.2) is 31.1 Å². The van der Waals surface area contributed by atoms with Crippen LogP contribution in [0.1, 0.15) is 0 Å². The zero-order chi connectivity index (χ0) is 12.4. The Hall–Kier alpha value is 0.170. The zero-order valence-electron chi connectivity index (χ0n) is 8.81. The summed E-state index contributed by atoms with van der Waals surface area (Å²) in [5.74, 6) is 0.185. The van der Waals surface area contributed by atoms with Crippen molar-refractivity contribution in [3.05, 3.63) is 25.3 Å². The largest absolute Gasteiger partial charge is 0.475 e. The smallest absolute Gasteiger partial charge is 0.285 e. The van der Waals surface area contributed by atoms with Crippen LogP contribution >= 0.6 is 31.0 Å². The number of hydrogen-bond acceptors (Lipinski definition) is 4. The summed E-state index contributed by atoms with van der Waals surface area (Å²) in [6, 6.07) is 0. The van der Waals surface area contributed by atoms with E-state index < -0.39 is 13.2 Å². The van der Waals surface area contributed by atoms with E-state index >= 15 is 0 Å². The van der Waals surface area contributed by atoms with Crippen molar-refractivity contribution in [2.75, 3.05) is 25.7 Å². The van der Waals surface area contributed by atoms with Crippen LogP contribution in [0.2, 0.25) is 0 Å². The van der Waals surface area contributed by atoms with Crippen LogP contribution in [0.4, 0.5) is 0 Å². The van der Waals surface area contributed by atoms with Crippen molar-refractivity contribution in [1.82, 2.24) is 0 Å². The van der Waals surface area contributed by atoms with Gasteiger partial charge < -0.3 is 0 Å². The topological polar surface area (TPSA) is 44.8 Å². The van der Waals surface area contributed by atoms with E-state index in [1.54, 1.807) is 0 Å². The summed E-state index contributed by atoms with van der Waals surface area (Å²) in [6.07, 6.45) is 2.88. The van der Waals surface area contributed by atoms with Gasteiger partial charge in [0, 0.05) is 5.88 Å². The summed E-state index contributed by atoms with van der Waals surface area (Å²) in [4.78, 5) is 0. The first-order chi connectivity index (χ1) is 7.58. The van der Waals surface area contributed by atoms with Crippen molar-refractivity contribution >= 4 is 31.0 Å². The van der Waals surface area contributed by atoms with E-state index in [9.17, 15) is 4.57 Å². The summed E-state index contributed by atoms with van der Waals surface area (Å²) < 4.78 is 26.7. The van der Waals surface area contributed by atoms with Crippen LogP contribution in [0.5, 0.6) is 0 Å². The fourth-order valence-electron chi connectivity index (χ4n) is 0.616. The lowest BCUT2D eigenvalue weighted by molar-refractivity contribution is 0.132. The maximum Gasteiger partial charge on any atom is 0.475 e. The quantitative estimate of drug-likeness (QED) is 0.351. The Bertz CT molecular complexity index is 244. The SMILES string of the molecule is C=CCOP(=O)(OCC=C)OCC(Cl)CCl. The first kappa shape index (κ1) is 16.2. The number of phosphoric ester groups is 1. The third kappa shape index (κ3) is 7.44. The Labute approximate surface area is 106 Å². The Morgan fingerprint density at radius 3 is 2.06 bits per heavy atom. The van der Waals surface area contributed by atoms with Gasteiger partial charge in [-0.3, -0.25) is 13.6 Å². The van der Waals surface area contributed by atoms with Gasteiger partial charge in [-0.25, -0.2) is 4.57 Å². The van der Waals surface area contributed by atoms with Crippen molar-refractivity contribution < 1.29 is 18.1 Å². The first-order valence-electron chi connectivity index (χ1n) is 4.53. The van der Waals surface area contributed by atoms with Crippen LogP contribution in [0, 0.1) is 0 Å². The summed E-state index contributed by atoms with van der Waals surface area (Å²) in [5, 5.41) is -0.449. The molecule has 0 fully saturated rings. The summed E-state index contributed by atoms with van der Waals surface area (Å²) in [6.45, 7) is 6.96. The van der Waals surface area contributed by atoms with Gasteiger partial charge in [0.2, 0.25) is 0 Å². The molecule has 1 unspecified atom stereocenters. The molecule has 0 N–H and O–H groups in total. The minimum absolute atomic E-state index is 0.0172. The highest BCUT2D eigenvalue weighted by Gasteiger charge is 2.26. The van der Waals surface area contributed by atoms with Crippen molar-refractivity contribution in [2.45, 2.75) is 5.38 Å². The monoisotopic (exact) mass is 288 g/mol. The van der Waals surface area contributed by atoms with Gasteiger partial charge in [0.25, 0.3) is 0 Å². The van der Waals surface area contributed by atoms with Crippen molar-refractivity contribution in [3.63, 3.8) is 0 Å². The third-order valence-corrected chi connectivity index (χ3v) is 3.49. The van der Waals surface area contributed by atoms with Gasteiger partial charge in [-0.1, -0.05) is 12.2 Å². The van der Waals surface area contributed by atoms with Crippen LogP contribution in [0.25, 0.3) is 0 Å². The molecule has 0 aliphatic rings. The van der Waals surface area contributed by atoms with Gasteiger partial charge in [0.15, 0.2) is 0 Å². The predicted octanol–water partition coefficient (Wildman–Crippen LogP) is 3.36. The van der Waals surface area contributed by atoms with Crippen molar-refractivity contribution in [3.8, 4) is 0 Å². The first-order valence-corrected chi connectivity index (χ1v) is 6.96. The van der Waals surface area contributed by atoms with Crippen molar-refractivity contribution in [1.29, 1.82) is 0 Å². The Balaban J connectivity index is 4.22. The number of alkyl halides is 2. The maximum atomic E-state index is 11.9. The lowest BCUT2D eigenvalue weighted by Crippen LogP contribution is -2.11. The minimum atomic E-state index is -3.61. The number of halogens is 2. The lowest BCUT2D eigenvalue weighted by Gasteiger charge is -2.17. The Morgan fingerprint density at radius 2 is 1.69 bits per heavy atom. The van der Waals surface area contributed by atoms with E-state index in [1.807, 2.05) is 0 Å². The average Bonchev–Trinajstić information content (AvgIpc) is 2.31. The maximum absolute atomic E-state index is 11.9. The third-order valence-electron chi connectivity index (χ3n) is 1.28. The van der Waals surface area contributed by atoms with E-state index in [1.165, 1.54) is 12.2 Å². The van der Waals surface area contributed by atoms with E-state index in [0.717, 1.165) is 0 Å². The summed E-state index contributed by atoms with van der Waals surface area (Å²) in [7, 11) is -3.61. The van der Waals surface area contributed by atoms with Gasteiger partial charge in [0.05, 0.1) is 25.2 Å². The molecule has 0 spiro atoms. The zero-order valence-corrected chi connectivity index (χ0v) is 11.2. The molecule has 0 amide bonds. The molecule has 0 saturated heterocycles. The molecule has 94 valence electrons. The van der Waals surface area contributed by atoms with Crippen LogP contribution in [0.3, 0.4) is 0 Å². The van der Waals surface area contributed by atoms with E-state index in [2.05, 4.69) is 13.2 Å². The molecular weight excluding hydrogens is 274 g/mol. The summed E-state index contributed by atoms with van der Waals surface area (Å²) in [5.41, 5.74) is 0. The molecule has 0 radical (unpaired) electrons. The second-order valence-electron chi connectivity index (χ2n) is 2.66. The van der Waals surface area contributed by atoms with Crippen LogP contribution in [-0.2, 0) is 18.1 Å². The van der Waals surface area contributed by atoms with Gasteiger partial charge in [-0.05, 0) is 0 Å². The lowest BCUT2D eigenvalue weighted by atomic mass is 10.5. The van der Waals surface area contributed by atoms with Crippen molar-refractivity contribution in [2.24, 2.45) is 0 Å². The van der Waals surface area contributed by atoms with Gasteiger partial charge in [0.1, 0.15) is 0 Å². The molecule has 1 atom stereocenters. The summed E-state index contributed by atoms with van der Waals surface area (Å²) >= 11 is 11.2. The molecule has 0 heterocycles. The molecule has 4 nitrogen and oxygen atoms in total. The molecule has 0 bridgehead atoms. The van der Waals surface area contributed by atoms with E-state index in [-0.39, 0.29) is 25.7 Å². The molecule has 0 rings (SSSR count). The van der Waals surface area contributed by atoms with Crippen LogP contribution in [0.15, 0.2) is 25.3 Å². The fourth-order valence-corrected chi connectivity index (χ4v) is 2.02.